The van der Waals surface area contributed by atoms with Crippen molar-refractivity contribution in [3.8, 4) is 0 Å². The summed E-state index contributed by atoms with van der Waals surface area (Å²) in [6, 6.07) is 8.59. The average molecular weight is 397 g/mol. The molecular formula is C24H32N2OS. The summed E-state index contributed by atoms with van der Waals surface area (Å²) >= 11 is 1.81. The Morgan fingerprint density at radius 3 is 2.54 bits per heavy atom. The third-order valence-electron chi connectivity index (χ3n) is 7.00. The first kappa shape index (κ1) is 19.5. The predicted molar refractivity (Wildman–Crippen MR) is 118 cm³/mol. The minimum Gasteiger partial charge on any atom is -0.353 e. The molecule has 1 aromatic heterocycles. The van der Waals surface area contributed by atoms with Crippen molar-refractivity contribution < 1.29 is 4.79 Å². The summed E-state index contributed by atoms with van der Waals surface area (Å²) in [6.07, 6.45) is 4.37. The second-order valence-corrected chi connectivity index (χ2v) is 10.5. The molecule has 1 amide bonds. The number of anilines is 1. The molecule has 0 fully saturated rings. The number of benzene rings is 1. The zero-order valence-corrected chi connectivity index (χ0v) is 18.5. The van der Waals surface area contributed by atoms with E-state index in [9.17, 15) is 4.79 Å². The SMILES string of the molecule is CCC(C)(C)[C@H]1CCc2c(sc3c2C(=O)N[C@H](c2ccc(C(C)C)cc2)N3)C1. The topological polar surface area (TPSA) is 41.1 Å². The fourth-order valence-electron chi connectivity index (χ4n) is 4.49. The fourth-order valence-corrected chi connectivity index (χ4v) is 5.85. The van der Waals surface area contributed by atoms with Crippen molar-refractivity contribution in [1.29, 1.82) is 0 Å². The highest BCUT2D eigenvalue weighted by molar-refractivity contribution is 7.16. The lowest BCUT2D eigenvalue weighted by atomic mass is 9.69. The molecule has 1 aromatic carbocycles. The first-order valence-corrected chi connectivity index (χ1v) is 11.4. The number of amides is 1. The van der Waals surface area contributed by atoms with Crippen LogP contribution in [0.4, 0.5) is 5.00 Å². The van der Waals surface area contributed by atoms with Crippen molar-refractivity contribution in [1.82, 2.24) is 5.32 Å². The van der Waals surface area contributed by atoms with Gasteiger partial charge in [-0.3, -0.25) is 4.79 Å². The summed E-state index contributed by atoms with van der Waals surface area (Å²) in [5.41, 5.74) is 4.99. The van der Waals surface area contributed by atoms with Crippen LogP contribution in [0, 0.1) is 11.3 Å². The minimum absolute atomic E-state index is 0.0809. The lowest BCUT2D eigenvalue weighted by Crippen LogP contribution is -2.38. The van der Waals surface area contributed by atoms with Gasteiger partial charge in [0.15, 0.2) is 0 Å². The number of thiophene rings is 1. The first-order chi connectivity index (χ1) is 13.3. The van der Waals surface area contributed by atoms with Gasteiger partial charge in [0.05, 0.1) is 5.56 Å². The van der Waals surface area contributed by atoms with Crippen molar-refractivity contribution in [2.24, 2.45) is 11.3 Å². The number of carbonyl (C=O) groups is 1. The van der Waals surface area contributed by atoms with Gasteiger partial charge in [-0.05, 0) is 53.2 Å². The lowest BCUT2D eigenvalue weighted by molar-refractivity contribution is 0.0934. The summed E-state index contributed by atoms with van der Waals surface area (Å²) in [5, 5.41) is 7.84. The van der Waals surface area contributed by atoms with Gasteiger partial charge in [-0.15, -0.1) is 11.3 Å². The van der Waals surface area contributed by atoms with E-state index >= 15 is 0 Å². The molecule has 2 atom stereocenters. The third-order valence-corrected chi connectivity index (χ3v) is 8.18. The van der Waals surface area contributed by atoms with E-state index in [0.717, 1.165) is 29.0 Å². The Balaban J connectivity index is 1.59. The maximum Gasteiger partial charge on any atom is 0.256 e. The number of nitrogens with one attached hydrogen (secondary N) is 2. The van der Waals surface area contributed by atoms with Crippen LogP contribution in [0.25, 0.3) is 0 Å². The molecular weight excluding hydrogens is 364 g/mol. The summed E-state index contributed by atoms with van der Waals surface area (Å²) in [6.45, 7) is 11.5. The molecule has 0 saturated heterocycles. The Hall–Kier alpha value is -1.81. The molecule has 3 nitrogen and oxygen atoms in total. The Morgan fingerprint density at radius 2 is 1.89 bits per heavy atom. The maximum absolute atomic E-state index is 13.0. The van der Waals surface area contributed by atoms with Gasteiger partial charge in [0.1, 0.15) is 11.2 Å². The van der Waals surface area contributed by atoms with Crippen molar-refractivity contribution in [3.05, 3.63) is 51.4 Å². The van der Waals surface area contributed by atoms with Crippen LogP contribution < -0.4 is 10.6 Å². The van der Waals surface area contributed by atoms with Gasteiger partial charge in [0.2, 0.25) is 0 Å². The minimum atomic E-state index is -0.149. The summed E-state index contributed by atoms with van der Waals surface area (Å²) in [5.74, 6) is 1.30. The van der Waals surface area contributed by atoms with E-state index in [-0.39, 0.29) is 12.1 Å². The zero-order chi connectivity index (χ0) is 20.1. The number of carbonyl (C=O) groups excluding carboxylic acids is 1. The number of hydrogen-bond donors (Lipinski definition) is 2. The molecule has 4 heteroatoms. The molecule has 0 spiro atoms. The monoisotopic (exact) mass is 396 g/mol. The van der Waals surface area contributed by atoms with E-state index in [4.69, 9.17) is 0 Å². The van der Waals surface area contributed by atoms with Crippen LogP contribution in [0.2, 0.25) is 0 Å². The van der Waals surface area contributed by atoms with Crippen molar-refractivity contribution >= 4 is 22.2 Å². The normalized spacial score (nSPS) is 21.7. The molecule has 4 rings (SSSR count). The second kappa shape index (κ2) is 7.22. The number of fused-ring (bicyclic) bond motifs is 3. The fraction of sp³-hybridized carbons (Fsp3) is 0.542. The van der Waals surface area contributed by atoms with Crippen molar-refractivity contribution in [2.45, 2.75) is 72.4 Å². The van der Waals surface area contributed by atoms with E-state index in [2.05, 4.69) is 69.5 Å². The highest BCUT2D eigenvalue weighted by Gasteiger charge is 2.37. The Bertz CT molecular complexity index is 879. The van der Waals surface area contributed by atoms with Crippen molar-refractivity contribution in [3.63, 3.8) is 0 Å². The standard InChI is InChI=1S/C24H32N2OS/c1-6-24(4,5)17-11-12-18-19(13-17)28-23-20(18)22(27)25-21(26-23)16-9-7-15(8-10-16)14(2)3/h7-10,14,17,21,26H,6,11-13H2,1-5H3,(H,25,27)/t17-,21-/m0/s1. The van der Waals surface area contributed by atoms with Gasteiger partial charge in [-0.2, -0.15) is 0 Å². The molecule has 0 saturated carbocycles. The molecule has 2 N–H and O–H groups in total. The summed E-state index contributed by atoms with van der Waals surface area (Å²) < 4.78 is 0. The van der Waals surface area contributed by atoms with Crippen LogP contribution in [0.3, 0.4) is 0 Å². The molecule has 0 unspecified atom stereocenters. The van der Waals surface area contributed by atoms with Gasteiger partial charge in [-0.25, -0.2) is 0 Å². The largest absolute Gasteiger partial charge is 0.353 e. The average Bonchev–Trinajstić information content (AvgIpc) is 3.06. The van der Waals surface area contributed by atoms with Gasteiger partial charge < -0.3 is 10.6 Å². The Labute approximate surface area is 172 Å². The molecule has 28 heavy (non-hydrogen) atoms. The summed E-state index contributed by atoms with van der Waals surface area (Å²) in [4.78, 5) is 14.4. The molecule has 1 aliphatic heterocycles. The van der Waals surface area contributed by atoms with Crippen LogP contribution in [-0.4, -0.2) is 5.91 Å². The lowest BCUT2D eigenvalue weighted by Gasteiger charge is -2.36. The van der Waals surface area contributed by atoms with E-state index in [1.54, 1.807) is 11.3 Å². The summed E-state index contributed by atoms with van der Waals surface area (Å²) in [7, 11) is 0. The van der Waals surface area contributed by atoms with Crippen LogP contribution in [0.5, 0.6) is 0 Å². The Morgan fingerprint density at radius 1 is 1.18 bits per heavy atom. The van der Waals surface area contributed by atoms with E-state index in [1.165, 1.54) is 28.8 Å². The number of rotatable bonds is 4. The van der Waals surface area contributed by atoms with Gasteiger partial charge >= 0.3 is 0 Å². The molecule has 2 aromatic rings. The second-order valence-electron chi connectivity index (χ2n) is 9.36. The molecule has 150 valence electrons. The van der Waals surface area contributed by atoms with Gasteiger partial charge in [0, 0.05) is 4.88 Å². The molecule has 0 radical (unpaired) electrons. The van der Waals surface area contributed by atoms with Crippen LogP contribution >= 0.6 is 11.3 Å². The first-order valence-electron chi connectivity index (χ1n) is 10.6. The van der Waals surface area contributed by atoms with E-state index in [1.807, 2.05) is 0 Å². The van der Waals surface area contributed by atoms with Crippen LogP contribution in [-0.2, 0) is 12.8 Å². The highest BCUT2D eigenvalue weighted by Crippen LogP contribution is 2.46. The smallest absolute Gasteiger partial charge is 0.256 e. The van der Waals surface area contributed by atoms with Crippen LogP contribution in [0.15, 0.2) is 24.3 Å². The number of hydrogen-bond acceptors (Lipinski definition) is 3. The molecule has 0 bridgehead atoms. The molecule has 1 aliphatic carbocycles. The third kappa shape index (κ3) is 3.36. The highest BCUT2D eigenvalue weighted by atomic mass is 32.1. The maximum atomic E-state index is 13.0. The van der Waals surface area contributed by atoms with E-state index in [0.29, 0.717) is 17.3 Å². The van der Waals surface area contributed by atoms with Gasteiger partial charge in [-0.1, -0.05) is 65.3 Å². The zero-order valence-electron chi connectivity index (χ0n) is 17.7. The van der Waals surface area contributed by atoms with Crippen molar-refractivity contribution in [2.75, 3.05) is 5.32 Å². The van der Waals surface area contributed by atoms with Gasteiger partial charge in [0.25, 0.3) is 5.91 Å². The van der Waals surface area contributed by atoms with E-state index < -0.39 is 0 Å². The molecule has 2 heterocycles. The van der Waals surface area contributed by atoms with Crippen LogP contribution in [0.1, 0.15) is 91.5 Å². The quantitative estimate of drug-likeness (QED) is 0.640. The predicted octanol–water partition coefficient (Wildman–Crippen LogP) is 6.27. The molecule has 2 aliphatic rings. The Kier molecular flexibility index (Phi) is 5.03.